The summed E-state index contributed by atoms with van der Waals surface area (Å²) < 4.78 is 0. The van der Waals surface area contributed by atoms with Crippen LogP contribution in [0.1, 0.15) is 35.4 Å². The number of halogens is 1. The average molecular weight is 286 g/mol. The van der Waals surface area contributed by atoms with Gasteiger partial charge in [0.2, 0.25) is 0 Å². The van der Waals surface area contributed by atoms with E-state index in [4.69, 9.17) is 11.6 Å². The van der Waals surface area contributed by atoms with Crippen LogP contribution in [0.4, 0.5) is 5.69 Å². The van der Waals surface area contributed by atoms with E-state index in [1.807, 2.05) is 12.1 Å². The lowest BCUT2D eigenvalue weighted by Gasteiger charge is -2.37. The van der Waals surface area contributed by atoms with Crippen LogP contribution in [-0.4, -0.2) is 6.04 Å². The SMILES string of the molecule is Cc1ccc(NC2CC(c3ccccc3Cl)C2)c(C)c1. The molecule has 0 saturated heterocycles. The molecule has 0 aliphatic heterocycles. The lowest BCUT2D eigenvalue weighted by Crippen LogP contribution is -2.34. The molecule has 3 rings (SSSR count). The molecule has 1 aliphatic carbocycles. The molecule has 1 nitrogen and oxygen atoms in total. The molecule has 0 atom stereocenters. The Labute approximate surface area is 126 Å². The van der Waals surface area contributed by atoms with Gasteiger partial charge >= 0.3 is 0 Å². The summed E-state index contributed by atoms with van der Waals surface area (Å²) in [4.78, 5) is 0. The molecule has 20 heavy (non-hydrogen) atoms. The van der Waals surface area contributed by atoms with Gasteiger partial charge in [0.05, 0.1) is 0 Å². The van der Waals surface area contributed by atoms with Crippen molar-refractivity contribution in [2.75, 3.05) is 5.32 Å². The van der Waals surface area contributed by atoms with Crippen LogP contribution in [0.2, 0.25) is 5.02 Å². The molecule has 1 saturated carbocycles. The number of hydrogen-bond donors (Lipinski definition) is 1. The average Bonchev–Trinajstić information content (AvgIpc) is 2.37. The first-order chi connectivity index (χ1) is 9.63. The largest absolute Gasteiger partial charge is 0.382 e. The Bertz CT molecular complexity index is 615. The van der Waals surface area contributed by atoms with Gasteiger partial charge in [-0.2, -0.15) is 0 Å². The Morgan fingerprint density at radius 1 is 1.05 bits per heavy atom. The number of hydrogen-bond acceptors (Lipinski definition) is 1. The van der Waals surface area contributed by atoms with Crippen LogP contribution in [0.3, 0.4) is 0 Å². The highest BCUT2D eigenvalue weighted by molar-refractivity contribution is 6.31. The lowest BCUT2D eigenvalue weighted by molar-refractivity contribution is 0.374. The van der Waals surface area contributed by atoms with Gasteiger partial charge in [-0.25, -0.2) is 0 Å². The van der Waals surface area contributed by atoms with Crippen LogP contribution in [0.5, 0.6) is 0 Å². The van der Waals surface area contributed by atoms with Gasteiger partial charge in [0.1, 0.15) is 0 Å². The third kappa shape index (κ3) is 2.69. The number of anilines is 1. The molecule has 0 bridgehead atoms. The van der Waals surface area contributed by atoms with E-state index < -0.39 is 0 Å². The first kappa shape index (κ1) is 13.5. The van der Waals surface area contributed by atoms with Gasteiger partial charge in [0.15, 0.2) is 0 Å². The maximum absolute atomic E-state index is 6.26. The minimum Gasteiger partial charge on any atom is -0.382 e. The van der Waals surface area contributed by atoms with Crippen LogP contribution >= 0.6 is 11.6 Å². The molecule has 0 heterocycles. The van der Waals surface area contributed by atoms with Crippen molar-refractivity contribution >= 4 is 17.3 Å². The molecular formula is C18H20ClN. The van der Waals surface area contributed by atoms with Gasteiger partial charge in [-0.15, -0.1) is 0 Å². The minimum absolute atomic E-state index is 0.567. The van der Waals surface area contributed by atoms with Crippen molar-refractivity contribution in [1.29, 1.82) is 0 Å². The molecule has 1 N–H and O–H groups in total. The van der Waals surface area contributed by atoms with E-state index in [9.17, 15) is 0 Å². The topological polar surface area (TPSA) is 12.0 Å². The zero-order valence-electron chi connectivity index (χ0n) is 12.0. The Morgan fingerprint density at radius 2 is 1.80 bits per heavy atom. The molecule has 0 radical (unpaired) electrons. The Kier molecular flexibility index (Phi) is 3.71. The molecule has 0 aromatic heterocycles. The van der Waals surface area contributed by atoms with Crippen LogP contribution < -0.4 is 5.32 Å². The van der Waals surface area contributed by atoms with Crippen molar-refractivity contribution in [2.45, 2.75) is 38.6 Å². The van der Waals surface area contributed by atoms with E-state index in [0.717, 1.165) is 17.9 Å². The molecule has 104 valence electrons. The summed E-state index contributed by atoms with van der Waals surface area (Å²) in [5.74, 6) is 0.604. The Hall–Kier alpha value is -1.47. The summed E-state index contributed by atoms with van der Waals surface area (Å²) >= 11 is 6.26. The summed E-state index contributed by atoms with van der Waals surface area (Å²) in [6.45, 7) is 4.30. The van der Waals surface area contributed by atoms with E-state index in [1.54, 1.807) is 0 Å². The second-order valence-electron chi connectivity index (χ2n) is 5.85. The molecular weight excluding hydrogens is 266 g/mol. The van der Waals surface area contributed by atoms with Gasteiger partial charge < -0.3 is 5.32 Å². The summed E-state index contributed by atoms with van der Waals surface area (Å²) in [6.07, 6.45) is 2.33. The molecule has 0 spiro atoms. The highest BCUT2D eigenvalue weighted by Gasteiger charge is 2.31. The van der Waals surface area contributed by atoms with Crippen LogP contribution in [0.15, 0.2) is 42.5 Å². The molecule has 2 aromatic rings. The highest BCUT2D eigenvalue weighted by atomic mass is 35.5. The maximum Gasteiger partial charge on any atom is 0.0440 e. The summed E-state index contributed by atoms with van der Waals surface area (Å²) in [6, 6.07) is 15.4. The van der Waals surface area contributed by atoms with Gasteiger partial charge in [-0.3, -0.25) is 0 Å². The summed E-state index contributed by atoms with van der Waals surface area (Å²) in [5, 5.41) is 4.56. The molecule has 0 unspecified atom stereocenters. The predicted octanol–water partition coefficient (Wildman–Crippen LogP) is 5.31. The van der Waals surface area contributed by atoms with Crippen LogP contribution in [0.25, 0.3) is 0 Å². The Balaban J connectivity index is 1.62. The summed E-state index contributed by atoms with van der Waals surface area (Å²) in [5.41, 5.74) is 5.20. The van der Waals surface area contributed by atoms with Crippen LogP contribution in [-0.2, 0) is 0 Å². The first-order valence-corrected chi connectivity index (χ1v) is 7.59. The third-order valence-electron chi connectivity index (χ3n) is 4.22. The zero-order chi connectivity index (χ0) is 14.1. The van der Waals surface area contributed by atoms with E-state index in [0.29, 0.717) is 12.0 Å². The monoisotopic (exact) mass is 285 g/mol. The van der Waals surface area contributed by atoms with Gasteiger partial charge in [-0.1, -0.05) is 47.5 Å². The number of nitrogens with one attached hydrogen (secondary N) is 1. The van der Waals surface area contributed by atoms with Crippen molar-refractivity contribution in [3.05, 3.63) is 64.2 Å². The lowest BCUT2D eigenvalue weighted by atomic mass is 9.75. The maximum atomic E-state index is 6.26. The standard InChI is InChI=1S/C18H20ClN/c1-12-7-8-18(13(2)9-12)20-15-10-14(11-15)16-5-3-4-6-17(16)19/h3-9,14-15,20H,10-11H2,1-2H3. The normalized spacial score (nSPS) is 21.4. The van der Waals surface area contributed by atoms with Crippen molar-refractivity contribution in [2.24, 2.45) is 0 Å². The second-order valence-corrected chi connectivity index (χ2v) is 6.26. The minimum atomic E-state index is 0.567. The zero-order valence-corrected chi connectivity index (χ0v) is 12.7. The van der Waals surface area contributed by atoms with Crippen molar-refractivity contribution in [3.63, 3.8) is 0 Å². The second kappa shape index (κ2) is 5.49. The predicted molar refractivity (Wildman–Crippen MR) is 86.8 cm³/mol. The fourth-order valence-electron chi connectivity index (χ4n) is 2.99. The van der Waals surface area contributed by atoms with E-state index in [1.165, 1.54) is 22.4 Å². The number of aryl methyl sites for hydroxylation is 2. The van der Waals surface area contributed by atoms with E-state index in [-0.39, 0.29) is 0 Å². The van der Waals surface area contributed by atoms with Gasteiger partial charge in [0, 0.05) is 16.8 Å². The molecule has 0 amide bonds. The number of rotatable bonds is 3. The fourth-order valence-corrected chi connectivity index (χ4v) is 3.28. The quantitative estimate of drug-likeness (QED) is 0.805. The molecule has 2 aromatic carbocycles. The Morgan fingerprint density at radius 3 is 2.50 bits per heavy atom. The first-order valence-electron chi connectivity index (χ1n) is 7.21. The van der Waals surface area contributed by atoms with Crippen molar-refractivity contribution in [1.82, 2.24) is 0 Å². The molecule has 2 heteroatoms. The fraction of sp³-hybridized carbons (Fsp3) is 0.333. The molecule has 1 fully saturated rings. The summed E-state index contributed by atoms with van der Waals surface area (Å²) in [7, 11) is 0. The smallest absolute Gasteiger partial charge is 0.0440 e. The van der Waals surface area contributed by atoms with Crippen molar-refractivity contribution < 1.29 is 0 Å². The number of benzene rings is 2. The van der Waals surface area contributed by atoms with Gasteiger partial charge in [0.25, 0.3) is 0 Å². The highest BCUT2D eigenvalue weighted by Crippen LogP contribution is 2.41. The molecule has 1 aliphatic rings. The van der Waals surface area contributed by atoms with E-state index in [2.05, 4.69) is 49.5 Å². The van der Waals surface area contributed by atoms with E-state index >= 15 is 0 Å². The van der Waals surface area contributed by atoms with Crippen LogP contribution in [0, 0.1) is 13.8 Å². The van der Waals surface area contributed by atoms with Crippen molar-refractivity contribution in [3.8, 4) is 0 Å². The third-order valence-corrected chi connectivity index (χ3v) is 4.57. The van der Waals surface area contributed by atoms with Gasteiger partial charge in [-0.05, 0) is 55.9 Å².